The summed E-state index contributed by atoms with van der Waals surface area (Å²) in [5.41, 5.74) is 0.0920. The highest BCUT2D eigenvalue weighted by Gasteiger charge is 2.32. The van der Waals surface area contributed by atoms with E-state index < -0.39 is 0 Å². The van der Waals surface area contributed by atoms with Crippen LogP contribution in [0.4, 0.5) is 0 Å². The standard InChI is InChI=1S/C8H16O2/c9-6-5-8(7-10)3-1-2-4-8/h9-10H,1-7H2. The molecule has 0 unspecified atom stereocenters. The third-order valence-electron chi connectivity index (χ3n) is 2.64. The van der Waals surface area contributed by atoms with Gasteiger partial charge in [-0.1, -0.05) is 12.8 Å². The first-order valence-corrected chi connectivity index (χ1v) is 4.05. The largest absolute Gasteiger partial charge is 0.396 e. The number of aliphatic hydroxyl groups excluding tert-OH is 2. The van der Waals surface area contributed by atoms with Crippen molar-refractivity contribution in [1.29, 1.82) is 0 Å². The highest BCUT2D eigenvalue weighted by molar-refractivity contribution is 4.83. The molecule has 0 aromatic rings. The molecule has 0 aliphatic heterocycles. The summed E-state index contributed by atoms with van der Waals surface area (Å²) >= 11 is 0. The molecule has 0 bridgehead atoms. The molecule has 0 aromatic heterocycles. The van der Waals surface area contributed by atoms with Gasteiger partial charge in [-0.05, 0) is 24.7 Å². The summed E-state index contributed by atoms with van der Waals surface area (Å²) in [6, 6.07) is 0. The zero-order valence-electron chi connectivity index (χ0n) is 6.34. The van der Waals surface area contributed by atoms with Crippen LogP contribution in [-0.4, -0.2) is 23.4 Å². The molecule has 2 N–H and O–H groups in total. The fourth-order valence-corrected chi connectivity index (χ4v) is 1.85. The van der Waals surface area contributed by atoms with E-state index in [0.717, 1.165) is 19.3 Å². The van der Waals surface area contributed by atoms with E-state index in [9.17, 15) is 0 Å². The minimum Gasteiger partial charge on any atom is -0.396 e. The summed E-state index contributed by atoms with van der Waals surface area (Å²) in [4.78, 5) is 0. The van der Waals surface area contributed by atoms with E-state index >= 15 is 0 Å². The van der Waals surface area contributed by atoms with Gasteiger partial charge in [-0.3, -0.25) is 0 Å². The first-order valence-electron chi connectivity index (χ1n) is 4.05. The van der Waals surface area contributed by atoms with Gasteiger partial charge < -0.3 is 10.2 Å². The van der Waals surface area contributed by atoms with Crippen LogP contribution < -0.4 is 0 Å². The Morgan fingerprint density at radius 1 is 1.10 bits per heavy atom. The second-order valence-corrected chi connectivity index (χ2v) is 3.34. The van der Waals surface area contributed by atoms with Crippen molar-refractivity contribution in [3.63, 3.8) is 0 Å². The van der Waals surface area contributed by atoms with Gasteiger partial charge in [0, 0.05) is 13.2 Å². The molecule has 10 heavy (non-hydrogen) atoms. The van der Waals surface area contributed by atoms with E-state index in [1.165, 1.54) is 12.8 Å². The van der Waals surface area contributed by atoms with Crippen LogP contribution in [0.1, 0.15) is 32.1 Å². The van der Waals surface area contributed by atoms with Crippen molar-refractivity contribution in [3.8, 4) is 0 Å². The number of aliphatic hydroxyl groups is 2. The Bertz CT molecular complexity index is 95.4. The van der Waals surface area contributed by atoms with Gasteiger partial charge in [-0.15, -0.1) is 0 Å². The van der Waals surface area contributed by atoms with Gasteiger partial charge in [0.25, 0.3) is 0 Å². The topological polar surface area (TPSA) is 40.5 Å². The summed E-state index contributed by atoms with van der Waals surface area (Å²) in [5.74, 6) is 0. The first-order chi connectivity index (χ1) is 4.83. The maximum Gasteiger partial charge on any atom is 0.0488 e. The molecular formula is C8H16O2. The summed E-state index contributed by atoms with van der Waals surface area (Å²) < 4.78 is 0. The molecule has 0 amide bonds. The van der Waals surface area contributed by atoms with Crippen LogP contribution >= 0.6 is 0 Å². The van der Waals surface area contributed by atoms with Gasteiger partial charge in [-0.2, -0.15) is 0 Å². The van der Waals surface area contributed by atoms with Crippen molar-refractivity contribution in [2.24, 2.45) is 5.41 Å². The Labute approximate surface area is 61.9 Å². The summed E-state index contributed by atoms with van der Waals surface area (Å²) in [7, 11) is 0. The van der Waals surface area contributed by atoms with Crippen LogP contribution in [0.3, 0.4) is 0 Å². The summed E-state index contributed by atoms with van der Waals surface area (Å²) in [6.45, 7) is 0.480. The Morgan fingerprint density at radius 3 is 2.10 bits per heavy atom. The monoisotopic (exact) mass is 144 g/mol. The normalized spacial score (nSPS) is 23.4. The molecule has 0 saturated heterocycles. The van der Waals surface area contributed by atoms with E-state index in [1.54, 1.807) is 0 Å². The van der Waals surface area contributed by atoms with Gasteiger partial charge in [0.15, 0.2) is 0 Å². The molecule has 1 fully saturated rings. The van der Waals surface area contributed by atoms with Gasteiger partial charge in [0.2, 0.25) is 0 Å². The Morgan fingerprint density at radius 2 is 1.70 bits per heavy atom. The molecule has 60 valence electrons. The molecule has 0 aromatic carbocycles. The molecule has 1 saturated carbocycles. The first kappa shape index (κ1) is 8.02. The summed E-state index contributed by atoms with van der Waals surface area (Å²) in [6.07, 6.45) is 5.43. The molecule has 1 rings (SSSR count). The van der Waals surface area contributed by atoms with E-state index in [2.05, 4.69) is 0 Å². The SMILES string of the molecule is OCCC1(CO)CCCC1. The Balaban J connectivity index is 2.41. The van der Waals surface area contributed by atoms with Crippen molar-refractivity contribution < 1.29 is 10.2 Å². The Hall–Kier alpha value is -0.0800. The van der Waals surface area contributed by atoms with Crippen LogP contribution in [0.25, 0.3) is 0 Å². The molecular weight excluding hydrogens is 128 g/mol. The van der Waals surface area contributed by atoms with Crippen molar-refractivity contribution in [2.45, 2.75) is 32.1 Å². The highest BCUT2D eigenvalue weighted by Crippen LogP contribution is 2.40. The third-order valence-corrected chi connectivity index (χ3v) is 2.64. The Kier molecular flexibility index (Phi) is 2.69. The highest BCUT2D eigenvalue weighted by atomic mass is 16.3. The predicted octanol–water partition coefficient (Wildman–Crippen LogP) is 0.921. The average molecular weight is 144 g/mol. The second-order valence-electron chi connectivity index (χ2n) is 3.34. The van der Waals surface area contributed by atoms with E-state index in [-0.39, 0.29) is 18.6 Å². The van der Waals surface area contributed by atoms with E-state index in [0.29, 0.717) is 0 Å². The van der Waals surface area contributed by atoms with Crippen molar-refractivity contribution >= 4 is 0 Å². The fourth-order valence-electron chi connectivity index (χ4n) is 1.85. The predicted molar refractivity (Wildman–Crippen MR) is 39.7 cm³/mol. The molecule has 2 heteroatoms. The van der Waals surface area contributed by atoms with Crippen molar-refractivity contribution in [1.82, 2.24) is 0 Å². The second kappa shape index (κ2) is 3.35. The zero-order chi connectivity index (χ0) is 7.45. The van der Waals surface area contributed by atoms with Gasteiger partial charge in [0.05, 0.1) is 0 Å². The lowest BCUT2D eigenvalue weighted by Crippen LogP contribution is -2.22. The number of hydrogen-bond donors (Lipinski definition) is 2. The molecule has 0 heterocycles. The average Bonchev–Trinajstić information content (AvgIpc) is 2.39. The number of hydrogen-bond acceptors (Lipinski definition) is 2. The van der Waals surface area contributed by atoms with Crippen molar-refractivity contribution in [3.05, 3.63) is 0 Å². The maximum atomic E-state index is 9.04. The lowest BCUT2D eigenvalue weighted by Gasteiger charge is -2.24. The molecule has 0 radical (unpaired) electrons. The maximum absolute atomic E-state index is 9.04. The summed E-state index contributed by atoms with van der Waals surface area (Å²) in [5, 5.41) is 17.7. The van der Waals surface area contributed by atoms with Gasteiger partial charge in [0.1, 0.15) is 0 Å². The van der Waals surface area contributed by atoms with E-state index in [4.69, 9.17) is 10.2 Å². The smallest absolute Gasteiger partial charge is 0.0488 e. The zero-order valence-corrected chi connectivity index (χ0v) is 6.34. The van der Waals surface area contributed by atoms with Crippen LogP contribution in [0.2, 0.25) is 0 Å². The van der Waals surface area contributed by atoms with Crippen molar-refractivity contribution in [2.75, 3.05) is 13.2 Å². The fraction of sp³-hybridized carbons (Fsp3) is 1.00. The van der Waals surface area contributed by atoms with E-state index in [1.807, 2.05) is 0 Å². The lowest BCUT2D eigenvalue weighted by molar-refractivity contribution is 0.0961. The molecule has 1 aliphatic rings. The minimum atomic E-state index is 0.0920. The van der Waals surface area contributed by atoms with Crippen LogP contribution in [0.5, 0.6) is 0 Å². The third kappa shape index (κ3) is 1.50. The van der Waals surface area contributed by atoms with Gasteiger partial charge >= 0.3 is 0 Å². The van der Waals surface area contributed by atoms with Crippen LogP contribution in [0, 0.1) is 5.41 Å². The molecule has 0 atom stereocenters. The quantitative estimate of drug-likeness (QED) is 0.618. The lowest BCUT2D eigenvalue weighted by atomic mass is 9.84. The number of rotatable bonds is 3. The van der Waals surface area contributed by atoms with Gasteiger partial charge in [-0.25, -0.2) is 0 Å². The minimum absolute atomic E-state index is 0.0920. The van der Waals surface area contributed by atoms with Crippen LogP contribution in [0.15, 0.2) is 0 Å². The molecule has 0 spiro atoms. The van der Waals surface area contributed by atoms with Crippen LogP contribution in [-0.2, 0) is 0 Å². The molecule has 1 aliphatic carbocycles. The molecule has 2 nitrogen and oxygen atoms in total.